The highest BCUT2D eigenvalue weighted by Gasteiger charge is 2.10. The molecule has 4 nitrogen and oxygen atoms in total. The van der Waals surface area contributed by atoms with E-state index in [1.165, 1.54) is 19.4 Å². The van der Waals surface area contributed by atoms with Gasteiger partial charge in [0.15, 0.2) is 0 Å². The SMILES string of the molecule is COc1cc(C)ccc1NC(=O)c1ccc(F)nc1. The maximum absolute atomic E-state index is 12.7. The lowest BCUT2D eigenvalue weighted by molar-refractivity contribution is 0.102. The molecule has 1 amide bonds. The number of nitrogens with zero attached hydrogens (tertiary/aromatic N) is 1. The molecule has 1 aromatic carbocycles. The van der Waals surface area contributed by atoms with Crippen molar-refractivity contribution in [3.8, 4) is 5.75 Å². The fourth-order valence-corrected chi connectivity index (χ4v) is 1.61. The Morgan fingerprint density at radius 2 is 2.11 bits per heavy atom. The molecule has 0 bridgehead atoms. The van der Waals surface area contributed by atoms with Gasteiger partial charge in [0.1, 0.15) is 5.75 Å². The Kier molecular flexibility index (Phi) is 3.75. The largest absolute Gasteiger partial charge is 0.495 e. The zero-order chi connectivity index (χ0) is 13.8. The number of ether oxygens (including phenoxy) is 1. The zero-order valence-corrected chi connectivity index (χ0v) is 10.6. The van der Waals surface area contributed by atoms with Crippen molar-refractivity contribution in [2.45, 2.75) is 6.92 Å². The highest BCUT2D eigenvalue weighted by atomic mass is 19.1. The Morgan fingerprint density at radius 1 is 1.32 bits per heavy atom. The van der Waals surface area contributed by atoms with Crippen LogP contribution in [-0.4, -0.2) is 18.0 Å². The Bertz CT molecular complexity index is 597. The first-order valence-corrected chi connectivity index (χ1v) is 5.67. The molecular weight excluding hydrogens is 247 g/mol. The number of aryl methyl sites for hydroxylation is 1. The van der Waals surface area contributed by atoms with E-state index in [4.69, 9.17) is 4.74 Å². The number of halogens is 1. The normalized spacial score (nSPS) is 10.1. The van der Waals surface area contributed by atoms with Crippen LogP contribution in [0, 0.1) is 12.9 Å². The van der Waals surface area contributed by atoms with Crippen LogP contribution >= 0.6 is 0 Å². The van der Waals surface area contributed by atoms with Crippen molar-refractivity contribution < 1.29 is 13.9 Å². The van der Waals surface area contributed by atoms with Crippen LogP contribution in [0.1, 0.15) is 15.9 Å². The summed E-state index contributed by atoms with van der Waals surface area (Å²) < 4.78 is 17.9. The number of carbonyl (C=O) groups is 1. The summed E-state index contributed by atoms with van der Waals surface area (Å²) >= 11 is 0. The third-order valence-electron chi connectivity index (χ3n) is 2.59. The number of nitrogens with one attached hydrogen (secondary N) is 1. The first-order chi connectivity index (χ1) is 9.10. The summed E-state index contributed by atoms with van der Waals surface area (Å²) in [7, 11) is 1.53. The van der Waals surface area contributed by atoms with Crippen LogP contribution in [-0.2, 0) is 0 Å². The fraction of sp³-hybridized carbons (Fsp3) is 0.143. The van der Waals surface area contributed by atoms with Crippen LogP contribution in [0.5, 0.6) is 5.75 Å². The van der Waals surface area contributed by atoms with E-state index in [2.05, 4.69) is 10.3 Å². The van der Waals surface area contributed by atoms with Crippen LogP contribution in [0.25, 0.3) is 0 Å². The molecule has 1 aromatic heterocycles. The van der Waals surface area contributed by atoms with Gasteiger partial charge in [0.2, 0.25) is 5.95 Å². The van der Waals surface area contributed by atoms with Gasteiger partial charge < -0.3 is 10.1 Å². The Morgan fingerprint density at radius 3 is 2.74 bits per heavy atom. The molecule has 0 aliphatic rings. The van der Waals surface area contributed by atoms with Gasteiger partial charge in [-0.3, -0.25) is 4.79 Å². The summed E-state index contributed by atoms with van der Waals surface area (Å²) in [5.41, 5.74) is 1.87. The predicted molar refractivity (Wildman–Crippen MR) is 69.9 cm³/mol. The topological polar surface area (TPSA) is 51.2 Å². The molecule has 0 aliphatic carbocycles. The number of hydrogen-bond acceptors (Lipinski definition) is 3. The molecule has 2 aromatic rings. The van der Waals surface area contributed by atoms with Crippen molar-refractivity contribution in [1.29, 1.82) is 0 Å². The summed E-state index contributed by atoms with van der Waals surface area (Å²) in [5, 5.41) is 2.70. The summed E-state index contributed by atoms with van der Waals surface area (Å²) in [6, 6.07) is 7.95. The lowest BCUT2D eigenvalue weighted by Crippen LogP contribution is -2.13. The molecule has 1 heterocycles. The van der Waals surface area contributed by atoms with Gasteiger partial charge in [-0.1, -0.05) is 6.07 Å². The Labute approximate surface area is 110 Å². The van der Waals surface area contributed by atoms with Gasteiger partial charge >= 0.3 is 0 Å². The van der Waals surface area contributed by atoms with E-state index in [9.17, 15) is 9.18 Å². The first-order valence-electron chi connectivity index (χ1n) is 5.67. The first kappa shape index (κ1) is 13.0. The van der Waals surface area contributed by atoms with E-state index in [0.717, 1.165) is 11.6 Å². The molecule has 0 saturated carbocycles. The van der Waals surface area contributed by atoms with E-state index >= 15 is 0 Å². The molecule has 2 rings (SSSR count). The van der Waals surface area contributed by atoms with E-state index in [0.29, 0.717) is 11.4 Å². The van der Waals surface area contributed by atoms with E-state index in [-0.39, 0.29) is 11.5 Å². The number of amides is 1. The number of hydrogen-bond donors (Lipinski definition) is 1. The van der Waals surface area contributed by atoms with Gasteiger partial charge in [-0.05, 0) is 36.8 Å². The average molecular weight is 260 g/mol. The molecule has 0 saturated heterocycles. The lowest BCUT2D eigenvalue weighted by Gasteiger charge is -2.10. The Hall–Kier alpha value is -2.43. The van der Waals surface area contributed by atoms with Crippen molar-refractivity contribution in [3.05, 3.63) is 53.6 Å². The molecule has 1 N–H and O–H groups in total. The number of anilines is 1. The zero-order valence-electron chi connectivity index (χ0n) is 10.6. The summed E-state index contributed by atoms with van der Waals surface area (Å²) in [5.74, 6) is -0.414. The minimum Gasteiger partial charge on any atom is -0.495 e. The molecular formula is C14H13FN2O2. The summed E-state index contributed by atoms with van der Waals surface area (Å²) in [6.45, 7) is 1.93. The highest BCUT2D eigenvalue weighted by Crippen LogP contribution is 2.25. The fourth-order valence-electron chi connectivity index (χ4n) is 1.61. The maximum Gasteiger partial charge on any atom is 0.257 e. The second-order valence-electron chi connectivity index (χ2n) is 4.03. The minimum absolute atomic E-state index is 0.282. The predicted octanol–water partition coefficient (Wildman–Crippen LogP) is 2.79. The monoisotopic (exact) mass is 260 g/mol. The van der Waals surface area contributed by atoms with Gasteiger partial charge in [-0.25, -0.2) is 4.98 Å². The van der Waals surface area contributed by atoms with Crippen LogP contribution in [0.2, 0.25) is 0 Å². The standard InChI is InChI=1S/C14H13FN2O2/c1-9-3-5-11(12(7-9)19-2)17-14(18)10-4-6-13(15)16-8-10/h3-8H,1-2H3,(H,17,18). The molecule has 98 valence electrons. The van der Waals surface area contributed by atoms with Crippen LogP contribution in [0.15, 0.2) is 36.5 Å². The molecule has 0 spiro atoms. The third kappa shape index (κ3) is 3.07. The smallest absolute Gasteiger partial charge is 0.257 e. The molecule has 0 fully saturated rings. The van der Waals surface area contributed by atoms with Crippen molar-refractivity contribution in [2.24, 2.45) is 0 Å². The van der Waals surface area contributed by atoms with Gasteiger partial charge in [-0.15, -0.1) is 0 Å². The van der Waals surface area contributed by atoms with Gasteiger partial charge in [0.05, 0.1) is 18.4 Å². The molecule has 0 radical (unpaired) electrons. The second kappa shape index (κ2) is 5.48. The third-order valence-corrected chi connectivity index (χ3v) is 2.59. The minimum atomic E-state index is -0.621. The molecule has 19 heavy (non-hydrogen) atoms. The Balaban J connectivity index is 2.21. The summed E-state index contributed by atoms with van der Waals surface area (Å²) in [4.78, 5) is 15.4. The quantitative estimate of drug-likeness (QED) is 0.863. The molecule has 0 aliphatic heterocycles. The molecule has 5 heteroatoms. The van der Waals surface area contributed by atoms with Gasteiger partial charge in [-0.2, -0.15) is 4.39 Å². The number of benzene rings is 1. The number of carbonyl (C=O) groups excluding carboxylic acids is 1. The van der Waals surface area contributed by atoms with Crippen molar-refractivity contribution >= 4 is 11.6 Å². The highest BCUT2D eigenvalue weighted by molar-refractivity contribution is 6.04. The van der Waals surface area contributed by atoms with Crippen LogP contribution < -0.4 is 10.1 Å². The maximum atomic E-state index is 12.7. The van der Waals surface area contributed by atoms with Crippen LogP contribution in [0.4, 0.5) is 10.1 Å². The van der Waals surface area contributed by atoms with E-state index in [1.54, 1.807) is 6.07 Å². The second-order valence-corrected chi connectivity index (χ2v) is 4.03. The van der Waals surface area contributed by atoms with Crippen molar-refractivity contribution in [3.63, 3.8) is 0 Å². The number of aromatic nitrogens is 1. The number of rotatable bonds is 3. The number of methoxy groups -OCH3 is 1. The van der Waals surface area contributed by atoms with Crippen molar-refractivity contribution in [2.75, 3.05) is 12.4 Å². The van der Waals surface area contributed by atoms with Gasteiger partial charge in [0, 0.05) is 6.20 Å². The van der Waals surface area contributed by atoms with Crippen molar-refractivity contribution in [1.82, 2.24) is 4.98 Å². The van der Waals surface area contributed by atoms with Crippen LogP contribution in [0.3, 0.4) is 0 Å². The van der Waals surface area contributed by atoms with E-state index in [1.807, 2.05) is 19.1 Å². The van der Waals surface area contributed by atoms with E-state index < -0.39 is 5.95 Å². The molecule has 0 atom stereocenters. The number of pyridine rings is 1. The lowest BCUT2D eigenvalue weighted by atomic mass is 10.2. The summed E-state index contributed by atoms with van der Waals surface area (Å²) in [6.07, 6.45) is 1.19. The molecule has 0 unspecified atom stereocenters. The average Bonchev–Trinajstić information content (AvgIpc) is 2.41. The van der Waals surface area contributed by atoms with Gasteiger partial charge in [0.25, 0.3) is 5.91 Å².